The summed E-state index contributed by atoms with van der Waals surface area (Å²) in [5, 5.41) is 6.98. The second-order valence-electron chi connectivity index (χ2n) is 6.45. The highest BCUT2D eigenvalue weighted by molar-refractivity contribution is 7.99. The first-order chi connectivity index (χ1) is 12.8. The van der Waals surface area contributed by atoms with Crippen LogP contribution in [0.25, 0.3) is 11.3 Å². The Morgan fingerprint density at radius 2 is 1.85 bits per heavy atom. The zero-order valence-corrected chi connectivity index (χ0v) is 16.7. The van der Waals surface area contributed by atoms with Crippen molar-refractivity contribution >= 4 is 46.2 Å². The lowest BCUT2D eigenvalue weighted by Crippen LogP contribution is -2.31. The Hall–Kier alpha value is -1.47. The number of nitrogens with zero attached hydrogens (tertiary/aromatic N) is 2. The summed E-state index contributed by atoms with van der Waals surface area (Å²) in [7, 11) is 0. The molecule has 0 spiro atoms. The number of fused-ring (bicyclic) bond motifs is 2. The van der Waals surface area contributed by atoms with Crippen LogP contribution in [0.2, 0.25) is 0 Å². The fraction of sp³-hybridized carbons (Fsp3) is 0.250. The van der Waals surface area contributed by atoms with Crippen LogP contribution in [-0.4, -0.2) is 34.5 Å². The first-order valence-electron chi connectivity index (χ1n) is 8.78. The van der Waals surface area contributed by atoms with Crippen molar-refractivity contribution in [1.29, 1.82) is 0 Å². The molecule has 0 unspecified atom stereocenters. The Morgan fingerprint density at radius 3 is 2.77 bits per heavy atom. The predicted molar refractivity (Wildman–Crippen MR) is 114 cm³/mol. The molecule has 1 N–H and O–H groups in total. The van der Waals surface area contributed by atoms with Crippen LogP contribution >= 0.6 is 34.9 Å². The Labute approximate surface area is 166 Å². The molecule has 26 heavy (non-hydrogen) atoms. The first-order valence-corrected chi connectivity index (χ1v) is 11.6. The van der Waals surface area contributed by atoms with Crippen molar-refractivity contribution in [2.45, 2.75) is 16.3 Å². The molecule has 3 heterocycles. The summed E-state index contributed by atoms with van der Waals surface area (Å²) in [4.78, 5) is 9.97. The lowest BCUT2D eigenvalue weighted by Gasteiger charge is -2.24. The molecule has 3 nitrogen and oxygen atoms in total. The molecule has 132 valence electrons. The van der Waals surface area contributed by atoms with Crippen molar-refractivity contribution in [3.63, 3.8) is 0 Å². The van der Waals surface area contributed by atoms with E-state index in [1.165, 1.54) is 56.3 Å². The minimum atomic E-state index is 0.984. The van der Waals surface area contributed by atoms with Crippen LogP contribution in [-0.2, 0) is 6.54 Å². The summed E-state index contributed by atoms with van der Waals surface area (Å²) in [5.41, 5.74) is 4.63. The van der Waals surface area contributed by atoms with E-state index in [2.05, 4.69) is 69.8 Å². The molecule has 0 amide bonds. The number of para-hydroxylation sites is 1. The van der Waals surface area contributed by atoms with Crippen molar-refractivity contribution in [2.75, 3.05) is 29.9 Å². The smallest absolute Gasteiger partial charge is 0.107 e. The van der Waals surface area contributed by atoms with E-state index in [-0.39, 0.29) is 0 Å². The average Bonchev–Trinajstić information content (AvgIpc) is 3.15. The van der Waals surface area contributed by atoms with Gasteiger partial charge in [0.2, 0.25) is 0 Å². The number of hydrogen-bond donors (Lipinski definition) is 1. The maximum absolute atomic E-state index is 4.90. The Bertz CT molecular complexity index is 932. The summed E-state index contributed by atoms with van der Waals surface area (Å²) >= 11 is 5.66. The fourth-order valence-electron chi connectivity index (χ4n) is 3.27. The summed E-state index contributed by atoms with van der Waals surface area (Å²) in [6, 6.07) is 15.1. The van der Waals surface area contributed by atoms with Gasteiger partial charge < -0.3 is 5.32 Å². The van der Waals surface area contributed by atoms with Gasteiger partial charge in [-0.1, -0.05) is 30.0 Å². The number of anilines is 2. The van der Waals surface area contributed by atoms with Crippen LogP contribution in [0, 0.1) is 0 Å². The maximum Gasteiger partial charge on any atom is 0.107 e. The molecule has 2 aliphatic heterocycles. The molecule has 0 atom stereocenters. The van der Waals surface area contributed by atoms with Crippen molar-refractivity contribution in [2.24, 2.45) is 0 Å². The Balaban J connectivity index is 1.37. The molecule has 1 saturated heterocycles. The molecule has 0 radical (unpaired) electrons. The third-order valence-electron chi connectivity index (χ3n) is 4.67. The van der Waals surface area contributed by atoms with Gasteiger partial charge in [0.25, 0.3) is 0 Å². The van der Waals surface area contributed by atoms with Crippen LogP contribution in [0.4, 0.5) is 11.4 Å². The van der Waals surface area contributed by atoms with E-state index < -0.39 is 0 Å². The van der Waals surface area contributed by atoms with Gasteiger partial charge >= 0.3 is 0 Å². The third-order valence-corrected chi connectivity index (χ3v) is 7.59. The minimum absolute atomic E-state index is 0.984. The van der Waals surface area contributed by atoms with E-state index in [0.29, 0.717) is 0 Å². The molecule has 0 aliphatic carbocycles. The number of aromatic nitrogens is 1. The molecule has 6 heteroatoms. The van der Waals surface area contributed by atoms with E-state index >= 15 is 0 Å². The molecule has 0 saturated carbocycles. The Morgan fingerprint density at radius 1 is 1.00 bits per heavy atom. The number of rotatable bonds is 3. The van der Waals surface area contributed by atoms with Gasteiger partial charge in [-0.05, 0) is 24.3 Å². The monoisotopic (exact) mass is 397 g/mol. The van der Waals surface area contributed by atoms with Gasteiger partial charge in [-0.3, -0.25) is 4.90 Å². The van der Waals surface area contributed by atoms with Crippen LogP contribution in [0.15, 0.2) is 57.6 Å². The highest BCUT2D eigenvalue weighted by Gasteiger charge is 2.17. The van der Waals surface area contributed by atoms with Crippen molar-refractivity contribution in [1.82, 2.24) is 9.88 Å². The van der Waals surface area contributed by atoms with Crippen LogP contribution in [0.1, 0.15) is 5.01 Å². The quantitative estimate of drug-likeness (QED) is 0.488. The topological polar surface area (TPSA) is 28.2 Å². The molecule has 1 aromatic heterocycles. The second-order valence-corrected chi connectivity index (χ2v) is 9.70. The molecule has 0 bridgehead atoms. The summed E-state index contributed by atoms with van der Waals surface area (Å²) in [6.07, 6.45) is 0. The van der Waals surface area contributed by atoms with E-state index in [4.69, 9.17) is 4.98 Å². The molecule has 2 aliphatic rings. The largest absolute Gasteiger partial charge is 0.354 e. The standard InChI is InChI=1S/C20H19N3S3/c1-2-4-18-15(3-1)21-16-11-14(5-6-19(16)26-18)17-13-25-20(22-17)12-23-7-9-24-10-8-23/h1-6,11,13,21H,7-10,12H2. The zero-order valence-electron chi connectivity index (χ0n) is 14.3. The van der Waals surface area contributed by atoms with Gasteiger partial charge in [-0.15, -0.1) is 11.3 Å². The van der Waals surface area contributed by atoms with Gasteiger partial charge in [-0.25, -0.2) is 4.98 Å². The lowest BCUT2D eigenvalue weighted by atomic mass is 10.1. The highest BCUT2D eigenvalue weighted by atomic mass is 32.2. The number of benzene rings is 2. The van der Waals surface area contributed by atoms with Crippen LogP contribution in [0.5, 0.6) is 0 Å². The van der Waals surface area contributed by atoms with E-state index in [0.717, 1.165) is 12.2 Å². The van der Waals surface area contributed by atoms with Crippen molar-refractivity contribution in [3.8, 4) is 11.3 Å². The van der Waals surface area contributed by atoms with Gasteiger partial charge in [0, 0.05) is 45.3 Å². The van der Waals surface area contributed by atoms with Crippen molar-refractivity contribution in [3.05, 3.63) is 52.9 Å². The summed E-state index contributed by atoms with van der Waals surface area (Å²) < 4.78 is 0. The first kappa shape index (κ1) is 16.7. The normalized spacial score (nSPS) is 16.6. The van der Waals surface area contributed by atoms with Gasteiger partial charge in [0.15, 0.2) is 0 Å². The number of hydrogen-bond acceptors (Lipinski definition) is 6. The Kier molecular flexibility index (Phi) is 4.67. The van der Waals surface area contributed by atoms with E-state index in [1.807, 2.05) is 11.8 Å². The minimum Gasteiger partial charge on any atom is -0.354 e. The van der Waals surface area contributed by atoms with E-state index in [1.54, 1.807) is 11.3 Å². The van der Waals surface area contributed by atoms with Gasteiger partial charge in [-0.2, -0.15) is 11.8 Å². The molecular formula is C20H19N3S3. The van der Waals surface area contributed by atoms with Crippen LogP contribution < -0.4 is 5.32 Å². The molecule has 3 aromatic rings. The number of thioether (sulfide) groups is 1. The van der Waals surface area contributed by atoms with Crippen LogP contribution in [0.3, 0.4) is 0 Å². The van der Waals surface area contributed by atoms with Gasteiger partial charge in [0.05, 0.1) is 23.6 Å². The average molecular weight is 398 g/mol. The molecule has 2 aromatic carbocycles. The fourth-order valence-corrected chi connectivity index (χ4v) is 6.06. The summed E-state index contributed by atoms with van der Waals surface area (Å²) in [5.74, 6) is 2.49. The zero-order chi connectivity index (χ0) is 17.3. The third kappa shape index (κ3) is 3.39. The lowest BCUT2D eigenvalue weighted by molar-refractivity contribution is 0.294. The van der Waals surface area contributed by atoms with Crippen molar-refractivity contribution < 1.29 is 0 Å². The maximum atomic E-state index is 4.90. The molecular weight excluding hydrogens is 378 g/mol. The van der Waals surface area contributed by atoms with E-state index in [9.17, 15) is 0 Å². The van der Waals surface area contributed by atoms with Gasteiger partial charge in [0.1, 0.15) is 5.01 Å². The number of nitrogens with one attached hydrogen (secondary N) is 1. The summed E-state index contributed by atoms with van der Waals surface area (Å²) in [6.45, 7) is 3.34. The molecule has 1 fully saturated rings. The number of thiazole rings is 1. The second kappa shape index (κ2) is 7.27. The SMILES string of the molecule is c1ccc2c(c1)Nc1cc(-c3csc(CN4CCSCC4)n3)ccc1S2. The highest BCUT2D eigenvalue weighted by Crippen LogP contribution is 2.45. The molecule has 5 rings (SSSR count). The predicted octanol–water partition coefficient (Wildman–Crippen LogP) is 5.57.